The van der Waals surface area contributed by atoms with E-state index in [-0.39, 0.29) is 0 Å². The van der Waals surface area contributed by atoms with E-state index in [4.69, 9.17) is 23.2 Å². The van der Waals surface area contributed by atoms with Crippen molar-refractivity contribution < 1.29 is 0 Å². The van der Waals surface area contributed by atoms with Crippen LogP contribution in [0.1, 0.15) is 0 Å². The van der Waals surface area contributed by atoms with Gasteiger partial charge in [-0.1, -0.05) is 23.2 Å². The molecular weight excluding hydrogens is 315 g/mol. The maximum atomic E-state index is 6.19. The summed E-state index contributed by atoms with van der Waals surface area (Å²) in [5.41, 5.74) is 2.23. The van der Waals surface area contributed by atoms with Crippen molar-refractivity contribution in [2.24, 2.45) is 0 Å². The van der Waals surface area contributed by atoms with E-state index in [1.807, 2.05) is 16.8 Å². The summed E-state index contributed by atoms with van der Waals surface area (Å²) in [5.74, 6) is 1.30. The molecule has 0 radical (unpaired) electrons. The Morgan fingerprint density at radius 2 is 1.95 bits per heavy atom. The number of aromatic nitrogens is 4. The van der Waals surface area contributed by atoms with Crippen LogP contribution >= 0.6 is 34.5 Å². The predicted octanol–water partition coefficient (Wildman–Crippen LogP) is 4.26. The minimum atomic E-state index is 0.344. The summed E-state index contributed by atoms with van der Waals surface area (Å²) in [6.07, 6.45) is 1.76. The molecule has 0 saturated carbocycles. The van der Waals surface area contributed by atoms with Crippen LogP contribution in [0.25, 0.3) is 28.6 Å². The van der Waals surface area contributed by atoms with Gasteiger partial charge in [0.15, 0.2) is 16.8 Å². The summed E-state index contributed by atoms with van der Waals surface area (Å²) in [5, 5.41) is 4.93. The number of nitrogens with zero attached hydrogens (tertiary/aromatic N) is 4. The standard InChI is InChI=1S/C13H6Cl2N4S/c14-8-1-2-9-16-11(15)10-13(19(9)5-8)18-12(17-10)7-3-4-20-6-7/h1-6H. The van der Waals surface area contributed by atoms with Crippen molar-refractivity contribution in [3.8, 4) is 22.9 Å². The highest BCUT2D eigenvalue weighted by molar-refractivity contribution is 7.08. The van der Waals surface area contributed by atoms with Gasteiger partial charge in [-0.15, -0.1) is 0 Å². The normalized spacial score (nSPS) is 11.5. The largest absolute Gasteiger partial charge is 0.282 e. The second-order valence-electron chi connectivity index (χ2n) is 4.21. The van der Waals surface area contributed by atoms with Crippen molar-refractivity contribution in [2.75, 3.05) is 0 Å². The van der Waals surface area contributed by atoms with E-state index in [9.17, 15) is 0 Å². The zero-order valence-corrected chi connectivity index (χ0v) is 12.2. The second kappa shape index (κ2) is 4.41. The Bertz CT molecular complexity index is 885. The SMILES string of the molecule is Clc1ccc2nc(Cl)c3nc(-c4ccsc4)nc-3n2c1. The van der Waals surface area contributed by atoms with Crippen LogP contribution in [0.4, 0.5) is 0 Å². The molecule has 20 heavy (non-hydrogen) atoms. The molecule has 0 bridgehead atoms. The first-order chi connectivity index (χ1) is 9.72. The zero-order valence-electron chi connectivity index (χ0n) is 9.92. The van der Waals surface area contributed by atoms with E-state index < -0.39 is 0 Å². The van der Waals surface area contributed by atoms with Crippen LogP contribution in [0.3, 0.4) is 0 Å². The number of thiophene rings is 1. The maximum Gasteiger partial charge on any atom is 0.170 e. The van der Waals surface area contributed by atoms with Gasteiger partial charge in [0.2, 0.25) is 0 Å². The predicted molar refractivity (Wildman–Crippen MR) is 80.7 cm³/mol. The molecule has 2 aliphatic rings. The molecule has 0 aliphatic carbocycles. The minimum absolute atomic E-state index is 0.344. The molecule has 0 N–H and O–H groups in total. The van der Waals surface area contributed by atoms with Crippen LogP contribution < -0.4 is 0 Å². The van der Waals surface area contributed by atoms with Crippen LogP contribution in [0.5, 0.6) is 0 Å². The fourth-order valence-corrected chi connectivity index (χ4v) is 3.05. The van der Waals surface area contributed by atoms with Gasteiger partial charge < -0.3 is 0 Å². The lowest BCUT2D eigenvalue weighted by atomic mass is 10.3. The van der Waals surface area contributed by atoms with Crippen LogP contribution in [0.2, 0.25) is 10.2 Å². The number of hydrogen-bond acceptors (Lipinski definition) is 4. The van der Waals surface area contributed by atoms with Gasteiger partial charge in [0.05, 0.1) is 5.02 Å². The first-order valence-corrected chi connectivity index (χ1v) is 7.46. The van der Waals surface area contributed by atoms with Gasteiger partial charge in [-0.3, -0.25) is 4.40 Å². The van der Waals surface area contributed by atoms with E-state index >= 15 is 0 Å². The van der Waals surface area contributed by atoms with Gasteiger partial charge >= 0.3 is 0 Å². The quantitative estimate of drug-likeness (QED) is 0.492. The van der Waals surface area contributed by atoms with Gasteiger partial charge in [-0.25, -0.2) is 15.0 Å². The summed E-state index contributed by atoms with van der Waals surface area (Å²) in [4.78, 5) is 13.3. The molecule has 7 heteroatoms. The summed E-state index contributed by atoms with van der Waals surface area (Å²) in [6.45, 7) is 0. The molecule has 0 unspecified atom stereocenters. The Labute approximate surface area is 128 Å². The lowest BCUT2D eigenvalue weighted by Crippen LogP contribution is -1.99. The minimum Gasteiger partial charge on any atom is -0.282 e. The zero-order chi connectivity index (χ0) is 13.7. The Morgan fingerprint density at radius 3 is 2.75 bits per heavy atom. The topological polar surface area (TPSA) is 43.1 Å². The van der Waals surface area contributed by atoms with E-state index in [1.165, 1.54) is 0 Å². The molecule has 0 amide bonds. The molecule has 4 rings (SSSR count). The Morgan fingerprint density at radius 1 is 1.05 bits per heavy atom. The fraction of sp³-hybridized carbons (Fsp3) is 0. The summed E-state index contributed by atoms with van der Waals surface area (Å²) < 4.78 is 1.80. The molecule has 4 heterocycles. The van der Waals surface area contributed by atoms with Crippen molar-refractivity contribution in [1.29, 1.82) is 0 Å². The molecule has 0 fully saturated rings. The maximum absolute atomic E-state index is 6.19. The molecule has 0 spiro atoms. The lowest BCUT2D eigenvalue weighted by Gasteiger charge is -2.06. The number of rotatable bonds is 1. The number of hydrogen-bond donors (Lipinski definition) is 0. The molecule has 2 aromatic rings. The van der Waals surface area contributed by atoms with E-state index in [0.717, 1.165) is 5.56 Å². The van der Waals surface area contributed by atoms with Crippen molar-refractivity contribution in [3.63, 3.8) is 0 Å². The van der Waals surface area contributed by atoms with Gasteiger partial charge in [0.1, 0.15) is 11.3 Å². The molecule has 4 nitrogen and oxygen atoms in total. The first-order valence-electron chi connectivity index (χ1n) is 5.76. The Hall–Kier alpha value is -1.69. The summed E-state index contributed by atoms with van der Waals surface area (Å²) in [7, 11) is 0. The fourth-order valence-electron chi connectivity index (χ4n) is 2.04. The number of pyridine rings is 1. The molecule has 0 aromatic carbocycles. The highest BCUT2D eigenvalue weighted by Gasteiger charge is 2.20. The van der Waals surface area contributed by atoms with Crippen LogP contribution in [0, 0.1) is 0 Å². The molecular formula is C13H6Cl2N4S. The van der Waals surface area contributed by atoms with Gasteiger partial charge in [-0.2, -0.15) is 11.3 Å². The van der Waals surface area contributed by atoms with Crippen molar-refractivity contribution in [3.05, 3.63) is 45.3 Å². The van der Waals surface area contributed by atoms with E-state index in [0.29, 0.717) is 33.2 Å². The van der Waals surface area contributed by atoms with Gasteiger partial charge in [-0.05, 0) is 23.6 Å². The Balaban J connectivity index is 2.09. The smallest absolute Gasteiger partial charge is 0.170 e. The van der Waals surface area contributed by atoms with Crippen LogP contribution in [0.15, 0.2) is 35.2 Å². The second-order valence-corrected chi connectivity index (χ2v) is 5.78. The van der Waals surface area contributed by atoms with Crippen LogP contribution in [-0.2, 0) is 0 Å². The highest BCUT2D eigenvalue weighted by atomic mass is 35.5. The first kappa shape index (κ1) is 12.1. The summed E-state index contributed by atoms with van der Waals surface area (Å²) in [6, 6.07) is 5.54. The molecule has 98 valence electrons. The average Bonchev–Trinajstić information content (AvgIpc) is 3.08. The molecule has 0 saturated heterocycles. The molecule has 2 aliphatic heterocycles. The monoisotopic (exact) mass is 320 g/mol. The third-order valence-corrected chi connectivity index (χ3v) is 4.12. The Kier molecular flexibility index (Phi) is 2.66. The third-order valence-electron chi connectivity index (χ3n) is 2.95. The summed E-state index contributed by atoms with van der Waals surface area (Å²) >= 11 is 13.8. The lowest BCUT2D eigenvalue weighted by molar-refractivity contribution is 1.07. The van der Waals surface area contributed by atoms with Crippen molar-refractivity contribution >= 4 is 40.2 Å². The van der Waals surface area contributed by atoms with E-state index in [2.05, 4.69) is 15.0 Å². The average molecular weight is 321 g/mol. The van der Waals surface area contributed by atoms with Crippen molar-refractivity contribution in [2.45, 2.75) is 0 Å². The number of fused-ring (bicyclic) bond motifs is 3. The molecule has 0 atom stereocenters. The van der Waals surface area contributed by atoms with Crippen LogP contribution in [-0.4, -0.2) is 19.4 Å². The van der Waals surface area contributed by atoms with Gasteiger partial charge in [0.25, 0.3) is 0 Å². The number of halogens is 2. The molecule has 2 aromatic heterocycles. The van der Waals surface area contributed by atoms with Gasteiger partial charge in [0, 0.05) is 17.1 Å². The van der Waals surface area contributed by atoms with E-state index in [1.54, 1.807) is 34.1 Å². The third kappa shape index (κ3) is 1.78. The highest BCUT2D eigenvalue weighted by Crippen LogP contribution is 2.31. The number of imidazole rings is 1. The van der Waals surface area contributed by atoms with Crippen molar-refractivity contribution in [1.82, 2.24) is 19.4 Å².